The van der Waals surface area contributed by atoms with E-state index in [0.29, 0.717) is 17.3 Å². The van der Waals surface area contributed by atoms with Crippen molar-refractivity contribution in [1.29, 1.82) is 0 Å². The molecule has 0 radical (unpaired) electrons. The van der Waals surface area contributed by atoms with Gasteiger partial charge in [0.15, 0.2) is 0 Å². The second-order valence-electron chi connectivity index (χ2n) is 8.51. The van der Waals surface area contributed by atoms with Crippen LogP contribution in [0.15, 0.2) is 59.1 Å². The smallest absolute Gasteiger partial charge is 0.243 e. The highest BCUT2D eigenvalue weighted by atomic mass is 32.2. The lowest BCUT2D eigenvalue weighted by molar-refractivity contribution is -0.122. The average molecular weight is 481 g/mol. The Bertz CT molecular complexity index is 1470. The number of thiazole rings is 1. The minimum atomic E-state index is -3.76. The van der Waals surface area contributed by atoms with Crippen molar-refractivity contribution in [2.45, 2.75) is 37.6 Å². The molecule has 2 aromatic heterocycles. The summed E-state index contributed by atoms with van der Waals surface area (Å²) in [4.78, 5) is 20.9. The predicted octanol–water partition coefficient (Wildman–Crippen LogP) is 4.97. The third kappa shape index (κ3) is 4.12. The van der Waals surface area contributed by atoms with E-state index < -0.39 is 10.0 Å². The quantitative estimate of drug-likeness (QED) is 0.434. The largest absolute Gasteiger partial charge is 0.355 e. The number of carbonyl (C=O) groups excluding carboxylic acids is 1. The minimum Gasteiger partial charge on any atom is -0.355 e. The zero-order chi connectivity index (χ0) is 23.2. The second kappa shape index (κ2) is 8.48. The van der Waals surface area contributed by atoms with Gasteiger partial charge in [-0.05, 0) is 69.2 Å². The van der Waals surface area contributed by atoms with Crippen LogP contribution in [0, 0.1) is 5.92 Å². The van der Waals surface area contributed by atoms with E-state index in [1.807, 2.05) is 36.7 Å². The number of nitrogens with one attached hydrogen (secondary N) is 1. The van der Waals surface area contributed by atoms with Crippen molar-refractivity contribution in [3.8, 4) is 0 Å². The summed E-state index contributed by atoms with van der Waals surface area (Å²) in [5.41, 5.74) is 5.04. The Morgan fingerprint density at radius 2 is 1.94 bits per heavy atom. The first-order valence-corrected chi connectivity index (χ1v) is 13.2. The van der Waals surface area contributed by atoms with Crippen LogP contribution in [0.1, 0.15) is 26.7 Å². The number of Topliss-reactive ketones (excluding diaryl/α,β-unsaturated/α-hetero) is 1. The molecule has 0 saturated carbocycles. The lowest BCUT2D eigenvalue weighted by Crippen LogP contribution is -2.46. The molecule has 1 saturated heterocycles. The fourth-order valence-corrected chi connectivity index (χ4v) is 6.75. The Balaban J connectivity index is 1.52. The van der Waals surface area contributed by atoms with Gasteiger partial charge in [-0.2, -0.15) is 4.31 Å². The van der Waals surface area contributed by atoms with Crippen molar-refractivity contribution in [2.75, 3.05) is 11.9 Å². The molecular weight excluding hydrogens is 456 g/mol. The molecule has 1 fully saturated rings. The number of fused-ring (bicyclic) bond motifs is 2. The Labute approximate surface area is 196 Å². The van der Waals surface area contributed by atoms with Gasteiger partial charge in [0.25, 0.3) is 0 Å². The van der Waals surface area contributed by atoms with Crippen molar-refractivity contribution >= 4 is 59.6 Å². The summed E-state index contributed by atoms with van der Waals surface area (Å²) >= 11 is 1.58. The van der Waals surface area contributed by atoms with Crippen molar-refractivity contribution in [2.24, 2.45) is 5.92 Å². The molecule has 170 valence electrons. The number of sulfonamides is 1. The normalized spacial score (nSPS) is 19.7. The van der Waals surface area contributed by atoms with Crippen LogP contribution in [0.3, 0.4) is 0 Å². The maximum Gasteiger partial charge on any atom is 0.243 e. The Hall–Kier alpha value is -2.88. The number of hydrogen-bond donors (Lipinski definition) is 1. The molecule has 2 atom stereocenters. The molecule has 0 unspecified atom stereocenters. The first-order chi connectivity index (χ1) is 15.8. The van der Waals surface area contributed by atoms with Gasteiger partial charge in [-0.1, -0.05) is 0 Å². The van der Waals surface area contributed by atoms with Crippen molar-refractivity contribution in [3.05, 3.63) is 54.2 Å². The summed E-state index contributed by atoms with van der Waals surface area (Å²) in [7, 11) is -3.76. The average Bonchev–Trinajstić information content (AvgIpc) is 3.27. The zero-order valence-corrected chi connectivity index (χ0v) is 20.0. The summed E-state index contributed by atoms with van der Waals surface area (Å²) < 4.78 is 29.7. The summed E-state index contributed by atoms with van der Waals surface area (Å²) in [5.74, 6) is -0.218. The number of pyridine rings is 1. The highest BCUT2D eigenvalue weighted by Gasteiger charge is 2.36. The number of carbonyl (C=O) groups is 1. The number of aromatic nitrogens is 2. The molecule has 5 rings (SSSR count). The molecule has 1 aliphatic heterocycles. The number of hydrogen-bond acceptors (Lipinski definition) is 7. The topological polar surface area (TPSA) is 92.3 Å². The summed E-state index contributed by atoms with van der Waals surface area (Å²) in [6.07, 6.45) is 3.09. The highest BCUT2D eigenvalue weighted by molar-refractivity contribution is 7.89. The minimum absolute atomic E-state index is 0.0355. The van der Waals surface area contributed by atoms with E-state index in [0.717, 1.165) is 28.0 Å². The standard InChI is InChI=1S/C24H24N4O3S2/c1-15-3-4-17(16(2)29)13-28(15)33(30,31)19-6-7-21-20(12-19)22(9-10-25-21)27-18-5-8-24-23(11-18)26-14-32-24/h5-12,14-15,17H,3-4,13H2,1-2H3,(H,25,27)/t15-,17+/m1/s1. The number of ketones is 1. The van der Waals surface area contributed by atoms with Gasteiger partial charge in [0.2, 0.25) is 10.0 Å². The second-order valence-corrected chi connectivity index (χ2v) is 11.3. The number of rotatable bonds is 5. The van der Waals surface area contributed by atoms with E-state index in [4.69, 9.17) is 0 Å². The SMILES string of the molecule is CC(=O)[C@H]1CC[C@@H](C)N(S(=O)(=O)c2ccc3nccc(Nc4ccc5scnc5c4)c3c2)C1. The molecule has 33 heavy (non-hydrogen) atoms. The summed E-state index contributed by atoms with van der Waals surface area (Å²) in [6.45, 7) is 3.66. The zero-order valence-electron chi connectivity index (χ0n) is 18.4. The molecule has 0 aliphatic carbocycles. The van der Waals surface area contributed by atoms with Gasteiger partial charge in [-0.25, -0.2) is 13.4 Å². The van der Waals surface area contributed by atoms with Crippen molar-refractivity contribution < 1.29 is 13.2 Å². The van der Waals surface area contributed by atoms with Gasteiger partial charge in [-0.3, -0.25) is 9.78 Å². The molecule has 1 aliphatic rings. The fraction of sp³-hybridized carbons (Fsp3) is 0.292. The van der Waals surface area contributed by atoms with Gasteiger partial charge < -0.3 is 5.32 Å². The third-order valence-corrected chi connectivity index (χ3v) is 9.11. The van der Waals surface area contributed by atoms with Crippen LogP contribution in [0.25, 0.3) is 21.1 Å². The van der Waals surface area contributed by atoms with E-state index in [2.05, 4.69) is 15.3 Å². The van der Waals surface area contributed by atoms with Crippen LogP contribution in [0.2, 0.25) is 0 Å². The van der Waals surface area contributed by atoms with E-state index in [1.165, 1.54) is 11.2 Å². The molecule has 0 amide bonds. The maximum atomic E-state index is 13.6. The van der Waals surface area contributed by atoms with Crippen molar-refractivity contribution in [1.82, 2.24) is 14.3 Å². The number of anilines is 2. The lowest BCUT2D eigenvalue weighted by Gasteiger charge is -2.36. The Morgan fingerprint density at radius 3 is 2.76 bits per heavy atom. The van der Waals surface area contributed by atoms with Gasteiger partial charge in [0, 0.05) is 41.5 Å². The van der Waals surface area contributed by atoms with Crippen LogP contribution in [0.4, 0.5) is 11.4 Å². The van der Waals surface area contributed by atoms with Gasteiger partial charge in [0.05, 0.1) is 26.1 Å². The molecule has 4 aromatic rings. The molecule has 7 nitrogen and oxygen atoms in total. The molecule has 9 heteroatoms. The number of benzene rings is 2. The number of piperidine rings is 1. The van der Waals surface area contributed by atoms with E-state index >= 15 is 0 Å². The van der Waals surface area contributed by atoms with Crippen molar-refractivity contribution in [3.63, 3.8) is 0 Å². The molecular formula is C24H24N4O3S2. The summed E-state index contributed by atoms with van der Waals surface area (Å²) in [5, 5.41) is 4.10. The first kappa shape index (κ1) is 21.9. The monoisotopic (exact) mass is 480 g/mol. The van der Waals surface area contributed by atoms with Crippen LogP contribution in [0.5, 0.6) is 0 Å². The molecule has 0 bridgehead atoms. The molecule has 2 aromatic carbocycles. The van der Waals surface area contributed by atoms with E-state index in [9.17, 15) is 13.2 Å². The molecule has 0 spiro atoms. The third-order valence-electron chi connectivity index (χ3n) is 6.33. The Morgan fingerprint density at radius 1 is 1.09 bits per heavy atom. The molecule has 3 heterocycles. The maximum absolute atomic E-state index is 13.6. The Kier molecular flexibility index (Phi) is 5.64. The van der Waals surface area contributed by atoms with Crippen LogP contribution >= 0.6 is 11.3 Å². The first-order valence-electron chi connectivity index (χ1n) is 10.8. The van der Waals surface area contributed by atoms with Crippen LogP contribution in [-0.4, -0.2) is 41.1 Å². The summed E-state index contributed by atoms with van der Waals surface area (Å²) in [6, 6.07) is 12.6. The van der Waals surface area contributed by atoms with Crippen LogP contribution in [-0.2, 0) is 14.8 Å². The van der Waals surface area contributed by atoms with E-state index in [-0.39, 0.29) is 29.2 Å². The lowest BCUT2D eigenvalue weighted by atomic mass is 9.93. The fourth-order valence-electron chi connectivity index (χ4n) is 4.36. The van der Waals surface area contributed by atoms with Gasteiger partial charge in [0.1, 0.15) is 5.78 Å². The number of nitrogens with zero attached hydrogens (tertiary/aromatic N) is 3. The highest BCUT2D eigenvalue weighted by Crippen LogP contribution is 2.33. The van der Waals surface area contributed by atoms with Gasteiger partial charge in [-0.15, -0.1) is 11.3 Å². The van der Waals surface area contributed by atoms with Gasteiger partial charge >= 0.3 is 0 Å². The van der Waals surface area contributed by atoms with E-state index in [1.54, 1.807) is 35.7 Å². The van der Waals surface area contributed by atoms with Crippen LogP contribution < -0.4 is 5.32 Å². The molecule has 1 N–H and O–H groups in total. The predicted molar refractivity (Wildman–Crippen MR) is 131 cm³/mol.